The van der Waals surface area contributed by atoms with E-state index in [2.05, 4.69) is 9.68 Å². The summed E-state index contributed by atoms with van der Waals surface area (Å²) in [5, 5.41) is 30.8. The van der Waals surface area contributed by atoms with Gasteiger partial charge in [-0.1, -0.05) is 5.16 Å². The van der Waals surface area contributed by atoms with Crippen LogP contribution in [0.15, 0.2) is 22.7 Å². The van der Waals surface area contributed by atoms with E-state index in [1.807, 2.05) is 0 Å². The minimum absolute atomic E-state index is 0.219. The molecule has 0 amide bonds. The highest BCUT2D eigenvalue weighted by Crippen LogP contribution is 2.44. The molecule has 106 valence electrons. The van der Waals surface area contributed by atoms with Crippen LogP contribution in [0.2, 0.25) is 0 Å². The van der Waals surface area contributed by atoms with Gasteiger partial charge in [0.15, 0.2) is 11.5 Å². The molecule has 9 heteroatoms. The number of aromatic carboxylic acids is 1. The van der Waals surface area contributed by atoms with Crippen LogP contribution in [0.5, 0.6) is 11.5 Å². The van der Waals surface area contributed by atoms with Crippen molar-refractivity contribution in [3.63, 3.8) is 0 Å². The smallest absolute Gasteiger partial charge is 0.420 e. The number of nitrogens with zero attached hydrogens (tertiary/aromatic N) is 1. The molecule has 0 bridgehead atoms. The van der Waals surface area contributed by atoms with Crippen molar-refractivity contribution in [3.05, 3.63) is 29.5 Å². The second-order valence-corrected chi connectivity index (χ2v) is 3.74. The number of carboxylic acids is 1. The summed E-state index contributed by atoms with van der Waals surface area (Å²) in [7, 11) is 0. The van der Waals surface area contributed by atoms with E-state index in [-0.39, 0.29) is 11.3 Å². The molecule has 1 heterocycles. The summed E-state index contributed by atoms with van der Waals surface area (Å²) in [5.74, 6) is -4.42. The number of halogens is 3. The van der Waals surface area contributed by atoms with Crippen LogP contribution in [-0.4, -0.2) is 26.4 Å². The van der Waals surface area contributed by atoms with Gasteiger partial charge in [0.1, 0.15) is 11.3 Å². The molecular weight excluding hydrogens is 283 g/mol. The fourth-order valence-corrected chi connectivity index (χ4v) is 1.52. The van der Waals surface area contributed by atoms with E-state index >= 15 is 0 Å². The molecule has 0 saturated carbocycles. The van der Waals surface area contributed by atoms with Gasteiger partial charge < -0.3 is 19.8 Å². The molecule has 0 radical (unpaired) electrons. The largest absolute Gasteiger partial charge is 0.504 e. The normalized spacial score (nSPS) is 11.6. The quantitative estimate of drug-likeness (QED) is 0.734. The van der Waals surface area contributed by atoms with Gasteiger partial charge in [0.2, 0.25) is 5.76 Å². The Balaban J connectivity index is 2.53. The Bertz CT molecular complexity index is 677. The van der Waals surface area contributed by atoms with Gasteiger partial charge in [0.25, 0.3) is 0 Å². The summed E-state index contributed by atoms with van der Waals surface area (Å²) < 4.78 is 41.9. The van der Waals surface area contributed by atoms with Crippen molar-refractivity contribution in [2.75, 3.05) is 0 Å². The van der Waals surface area contributed by atoms with Crippen molar-refractivity contribution >= 4 is 5.97 Å². The van der Waals surface area contributed by atoms with E-state index < -0.39 is 35.0 Å². The Hall–Kier alpha value is -2.71. The summed E-state index contributed by atoms with van der Waals surface area (Å²) in [6.07, 6.45) is -4.84. The lowest BCUT2D eigenvalue weighted by Gasteiger charge is -2.11. The molecule has 2 aromatic rings. The number of phenolic OH excluding ortho intramolecular Hbond substituents is 2. The zero-order valence-corrected chi connectivity index (χ0v) is 9.47. The number of phenols is 2. The standard InChI is InChI=1S/C11H6F3NO5/c12-11(13,14)5-2-1-4(8(16)9(5)17)6-3-7(10(18)19)20-15-6/h1-3,16-17H,(H,18,19). The Kier molecular flexibility index (Phi) is 3.04. The molecule has 0 aliphatic rings. The predicted molar refractivity (Wildman–Crippen MR) is 57.2 cm³/mol. The number of hydrogen-bond donors (Lipinski definition) is 3. The predicted octanol–water partition coefficient (Wildman–Crippen LogP) is 2.47. The highest BCUT2D eigenvalue weighted by Gasteiger charge is 2.36. The number of benzene rings is 1. The summed E-state index contributed by atoms with van der Waals surface area (Å²) in [4.78, 5) is 10.6. The van der Waals surface area contributed by atoms with Crippen molar-refractivity contribution in [1.82, 2.24) is 5.16 Å². The number of aromatic nitrogens is 1. The molecule has 0 aliphatic heterocycles. The molecule has 0 spiro atoms. The summed E-state index contributed by atoms with van der Waals surface area (Å²) in [6.45, 7) is 0. The van der Waals surface area contributed by atoms with E-state index in [1.54, 1.807) is 0 Å². The average Bonchev–Trinajstić information content (AvgIpc) is 2.80. The fraction of sp³-hybridized carbons (Fsp3) is 0.0909. The van der Waals surface area contributed by atoms with Crippen molar-refractivity contribution in [2.24, 2.45) is 0 Å². The number of alkyl halides is 3. The van der Waals surface area contributed by atoms with Crippen molar-refractivity contribution in [1.29, 1.82) is 0 Å². The molecule has 0 fully saturated rings. The van der Waals surface area contributed by atoms with E-state index in [0.717, 1.165) is 12.1 Å². The maximum atomic E-state index is 12.5. The van der Waals surface area contributed by atoms with Gasteiger partial charge in [-0.25, -0.2) is 4.79 Å². The van der Waals surface area contributed by atoms with Gasteiger partial charge in [-0.05, 0) is 12.1 Å². The molecular formula is C11H6F3NO5. The minimum atomic E-state index is -4.84. The Morgan fingerprint density at radius 1 is 1.20 bits per heavy atom. The Morgan fingerprint density at radius 3 is 2.35 bits per heavy atom. The lowest BCUT2D eigenvalue weighted by atomic mass is 10.1. The SMILES string of the molecule is O=C(O)c1cc(-c2ccc(C(F)(F)F)c(O)c2O)no1. The van der Waals surface area contributed by atoms with E-state index in [1.165, 1.54) is 0 Å². The summed E-state index contributed by atoms with van der Waals surface area (Å²) >= 11 is 0. The van der Waals surface area contributed by atoms with Gasteiger partial charge in [0, 0.05) is 11.6 Å². The van der Waals surface area contributed by atoms with Crippen molar-refractivity contribution in [3.8, 4) is 22.8 Å². The van der Waals surface area contributed by atoms with Gasteiger partial charge in [-0.15, -0.1) is 0 Å². The maximum Gasteiger partial charge on any atom is 0.420 e. The molecule has 1 aromatic heterocycles. The van der Waals surface area contributed by atoms with Crippen LogP contribution in [-0.2, 0) is 6.18 Å². The number of rotatable bonds is 2. The van der Waals surface area contributed by atoms with Gasteiger partial charge in [-0.3, -0.25) is 0 Å². The van der Waals surface area contributed by atoms with Crippen LogP contribution in [0.25, 0.3) is 11.3 Å². The van der Waals surface area contributed by atoms with Gasteiger partial charge in [-0.2, -0.15) is 13.2 Å². The van der Waals surface area contributed by atoms with E-state index in [0.29, 0.717) is 6.07 Å². The number of hydrogen-bond acceptors (Lipinski definition) is 5. The molecule has 2 rings (SSSR count). The molecule has 6 nitrogen and oxygen atoms in total. The van der Waals surface area contributed by atoms with Crippen molar-refractivity contribution < 1.29 is 37.8 Å². The first-order valence-electron chi connectivity index (χ1n) is 5.04. The Morgan fingerprint density at radius 2 is 1.85 bits per heavy atom. The monoisotopic (exact) mass is 289 g/mol. The van der Waals surface area contributed by atoms with E-state index in [4.69, 9.17) is 5.11 Å². The van der Waals surface area contributed by atoms with Crippen LogP contribution < -0.4 is 0 Å². The third kappa shape index (κ3) is 2.25. The second kappa shape index (κ2) is 4.44. The molecule has 1 aromatic carbocycles. The fourth-order valence-electron chi connectivity index (χ4n) is 1.52. The molecule has 0 atom stereocenters. The lowest BCUT2D eigenvalue weighted by molar-refractivity contribution is -0.138. The number of carbonyl (C=O) groups is 1. The number of aromatic hydroxyl groups is 2. The molecule has 0 saturated heterocycles. The second-order valence-electron chi connectivity index (χ2n) is 3.74. The Labute approximate surface area is 108 Å². The van der Waals surface area contributed by atoms with Crippen LogP contribution in [0.4, 0.5) is 13.2 Å². The van der Waals surface area contributed by atoms with Crippen LogP contribution in [0.3, 0.4) is 0 Å². The first-order chi connectivity index (χ1) is 9.21. The third-order valence-corrected chi connectivity index (χ3v) is 2.45. The van der Waals surface area contributed by atoms with Crippen molar-refractivity contribution in [2.45, 2.75) is 6.18 Å². The topological polar surface area (TPSA) is 104 Å². The lowest BCUT2D eigenvalue weighted by Crippen LogP contribution is -2.05. The summed E-state index contributed by atoms with van der Waals surface area (Å²) in [5.41, 5.74) is -1.92. The van der Waals surface area contributed by atoms with Gasteiger partial charge >= 0.3 is 12.1 Å². The molecule has 0 unspecified atom stereocenters. The number of carboxylic acid groups (broad SMARTS) is 1. The summed E-state index contributed by atoms with van der Waals surface area (Å²) in [6, 6.07) is 2.30. The highest BCUT2D eigenvalue weighted by atomic mass is 19.4. The maximum absolute atomic E-state index is 12.5. The van der Waals surface area contributed by atoms with Crippen LogP contribution in [0, 0.1) is 0 Å². The minimum Gasteiger partial charge on any atom is -0.504 e. The van der Waals surface area contributed by atoms with E-state index in [9.17, 15) is 28.2 Å². The van der Waals surface area contributed by atoms with Crippen LogP contribution >= 0.6 is 0 Å². The van der Waals surface area contributed by atoms with Crippen LogP contribution in [0.1, 0.15) is 16.1 Å². The molecule has 0 aliphatic carbocycles. The molecule has 3 N–H and O–H groups in total. The first kappa shape index (κ1) is 13.7. The highest BCUT2D eigenvalue weighted by molar-refractivity contribution is 5.86. The zero-order valence-electron chi connectivity index (χ0n) is 9.47. The third-order valence-electron chi connectivity index (χ3n) is 2.45. The average molecular weight is 289 g/mol. The first-order valence-corrected chi connectivity index (χ1v) is 5.04. The van der Waals surface area contributed by atoms with Gasteiger partial charge in [0.05, 0.1) is 0 Å². The molecule has 20 heavy (non-hydrogen) atoms. The zero-order chi connectivity index (χ0) is 15.1.